The standard InChI is InChI=1S/C24H23N7O2/c1-31-9-15(18(30-31)14-6-4-3-5-7-14)19-20-16(26-13-27-19)8-17(33-2)21(28-20)29-22(32)23-10-24(25,11-23)12-23/h3-9,13H,10-12,25H2,1-2H3,(H,28,29,32). The van der Waals surface area contributed by atoms with Gasteiger partial charge in [0.05, 0.1) is 18.0 Å². The molecule has 3 aliphatic rings. The molecule has 0 radical (unpaired) electrons. The first-order chi connectivity index (χ1) is 15.9. The third-order valence-corrected chi connectivity index (χ3v) is 6.71. The lowest BCUT2D eigenvalue weighted by Gasteiger charge is -2.67. The van der Waals surface area contributed by atoms with Crippen molar-refractivity contribution in [2.45, 2.75) is 24.8 Å². The van der Waals surface area contributed by atoms with Crippen LogP contribution in [-0.2, 0) is 11.8 Å². The summed E-state index contributed by atoms with van der Waals surface area (Å²) < 4.78 is 7.27. The quantitative estimate of drug-likeness (QED) is 0.488. The Bertz CT molecular complexity index is 1390. The second-order valence-corrected chi connectivity index (χ2v) is 9.19. The molecule has 2 bridgehead atoms. The topological polar surface area (TPSA) is 121 Å². The molecule has 3 fully saturated rings. The van der Waals surface area contributed by atoms with E-state index < -0.39 is 0 Å². The summed E-state index contributed by atoms with van der Waals surface area (Å²) in [5.74, 6) is 0.737. The van der Waals surface area contributed by atoms with Crippen molar-refractivity contribution >= 4 is 22.8 Å². The van der Waals surface area contributed by atoms with Crippen LogP contribution in [0.1, 0.15) is 19.3 Å². The number of hydrogen-bond donors (Lipinski definition) is 2. The second kappa shape index (κ2) is 6.82. The third-order valence-electron chi connectivity index (χ3n) is 6.71. The number of carbonyl (C=O) groups is 1. The highest BCUT2D eigenvalue weighted by Gasteiger charge is 2.69. The summed E-state index contributed by atoms with van der Waals surface area (Å²) in [5.41, 5.74) is 10.0. The average Bonchev–Trinajstić information content (AvgIpc) is 3.17. The van der Waals surface area contributed by atoms with Gasteiger partial charge in [-0.15, -0.1) is 0 Å². The number of nitrogens with zero attached hydrogens (tertiary/aromatic N) is 5. The van der Waals surface area contributed by atoms with Gasteiger partial charge in [-0.05, 0) is 19.3 Å². The number of ether oxygens (including phenoxy) is 1. The van der Waals surface area contributed by atoms with Gasteiger partial charge in [-0.2, -0.15) is 5.10 Å². The lowest BCUT2D eigenvalue weighted by atomic mass is 9.39. The zero-order chi connectivity index (χ0) is 22.8. The summed E-state index contributed by atoms with van der Waals surface area (Å²) in [6.45, 7) is 0. The molecule has 3 aromatic heterocycles. The molecule has 166 valence electrons. The van der Waals surface area contributed by atoms with Gasteiger partial charge in [0.25, 0.3) is 0 Å². The Hall–Kier alpha value is -3.85. The molecule has 0 spiro atoms. The van der Waals surface area contributed by atoms with Crippen molar-refractivity contribution in [2.24, 2.45) is 18.2 Å². The summed E-state index contributed by atoms with van der Waals surface area (Å²) >= 11 is 0. The number of benzene rings is 1. The summed E-state index contributed by atoms with van der Waals surface area (Å²) in [7, 11) is 3.42. The van der Waals surface area contributed by atoms with Crippen LogP contribution in [0.4, 0.5) is 5.82 Å². The van der Waals surface area contributed by atoms with Crippen molar-refractivity contribution in [3.8, 4) is 28.3 Å². The molecule has 0 aliphatic heterocycles. The molecule has 3 heterocycles. The molecule has 4 aromatic rings. The second-order valence-electron chi connectivity index (χ2n) is 9.19. The molecule has 1 aromatic carbocycles. The van der Waals surface area contributed by atoms with Crippen LogP contribution in [0.2, 0.25) is 0 Å². The molecular weight excluding hydrogens is 418 g/mol. The van der Waals surface area contributed by atoms with Crippen molar-refractivity contribution in [1.82, 2.24) is 24.7 Å². The fourth-order valence-electron chi connectivity index (χ4n) is 5.23. The minimum Gasteiger partial charge on any atom is -0.493 e. The number of aryl methyl sites for hydroxylation is 1. The van der Waals surface area contributed by atoms with E-state index >= 15 is 0 Å². The smallest absolute Gasteiger partial charge is 0.232 e. The van der Waals surface area contributed by atoms with Gasteiger partial charge in [-0.3, -0.25) is 9.48 Å². The summed E-state index contributed by atoms with van der Waals surface area (Å²) in [4.78, 5) is 26.7. The molecule has 7 rings (SSSR count). The van der Waals surface area contributed by atoms with Gasteiger partial charge in [0.1, 0.15) is 23.2 Å². The van der Waals surface area contributed by atoms with E-state index in [0.717, 1.165) is 16.8 Å². The number of nitrogens with one attached hydrogen (secondary N) is 1. The molecule has 1 amide bonds. The Morgan fingerprint density at radius 2 is 1.91 bits per heavy atom. The van der Waals surface area contributed by atoms with Crippen molar-refractivity contribution < 1.29 is 9.53 Å². The van der Waals surface area contributed by atoms with Gasteiger partial charge in [-0.25, -0.2) is 15.0 Å². The van der Waals surface area contributed by atoms with Gasteiger partial charge in [-0.1, -0.05) is 30.3 Å². The van der Waals surface area contributed by atoms with Gasteiger partial charge in [0.15, 0.2) is 11.6 Å². The van der Waals surface area contributed by atoms with Gasteiger partial charge in [0, 0.05) is 36.0 Å². The molecule has 3 saturated carbocycles. The van der Waals surface area contributed by atoms with Crippen LogP contribution in [-0.4, -0.2) is 43.3 Å². The maximum absolute atomic E-state index is 13.0. The molecule has 3 N–H and O–H groups in total. The van der Waals surface area contributed by atoms with E-state index in [4.69, 9.17) is 15.5 Å². The van der Waals surface area contributed by atoms with Gasteiger partial charge < -0.3 is 15.8 Å². The number of nitrogens with two attached hydrogens (primary N) is 1. The number of rotatable bonds is 5. The van der Waals surface area contributed by atoms with E-state index in [-0.39, 0.29) is 16.9 Å². The number of anilines is 1. The maximum Gasteiger partial charge on any atom is 0.232 e. The predicted molar refractivity (Wildman–Crippen MR) is 123 cm³/mol. The molecule has 0 saturated heterocycles. The van der Waals surface area contributed by atoms with Crippen molar-refractivity contribution in [1.29, 1.82) is 0 Å². The predicted octanol–water partition coefficient (Wildman–Crippen LogP) is 2.92. The largest absolute Gasteiger partial charge is 0.493 e. The number of methoxy groups -OCH3 is 1. The van der Waals surface area contributed by atoms with Crippen molar-refractivity contribution in [3.05, 3.63) is 48.9 Å². The summed E-state index contributed by atoms with van der Waals surface area (Å²) in [5, 5.41) is 7.63. The van der Waals surface area contributed by atoms with E-state index in [1.165, 1.54) is 6.33 Å². The molecule has 3 aliphatic carbocycles. The fourth-order valence-corrected chi connectivity index (χ4v) is 5.23. The van der Waals surface area contributed by atoms with Crippen LogP contribution in [0.15, 0.2) is 48.9 Å². The lowest BCUT2D eigenvalue weighted by Crippen LogP contribution is -2.75. The summed E-state index contributed by atoms with van der Waals surface area (Å²) in [6.07, 6.45) is 5.56. The third kappa shape index (κ3) is 3.00. The van der Waals surface area contributed by atoms with Gasteiger partial charge >= 0.3 is 0 Å². The molecule has 9 heteroatoms. The Morgan fingerprint density at radius 1 is 1.15 bits per heavy atom. The van der Waals surface area contributed by atoms with Crippen LogP contribution in [0.3, 0.4) is 0 Å². The number of pyridine rings is 1. The SMILES string of the molecule is COc1cc2ncnc(-c3cn(C)nc3-c3ccccc3)c2nc1NC(=O)C12CC(N)(C1)C2. The van der Waals surface area contributed by atoms with E-state index in [1.807, 2.05) is 43.6 Å². The average molecular weight is 441 g/mol. The molecule has 0 atom stereocenters. The van der Waals surface area contributed by atoms with Crippen molar-refractivity contribution in [2.75, 3.05) is 12.4 Å². The Morgan fingerprint density at radius 3 is 2.61 bits per heavy atom. The van der Waals surface area contributed by atoms with E-state index in [0.29, 0.717) is 47.6 Å². The highest BCUT2D eigenvalue weighted by atomic mass is 16.5. The first-order valence-electron chi connectivity index (χ1n) is 10.8. The Kier molecular flexibility index (Phi) is 4.09. The van der Waals surface area contributed by atoms with E-state index in [2.05, 4.69) is 20.4 Å². The van der Waals surface area contributed by atoms with Crippen LogP contribution in [0, 0.1) is 5.41 Å². The molecule has 0 unspecified atom stereocenters. The fraction of sp³-hybridized carbons (Fsp3) is 0.292. The normalized spacial score (nSPS) is 23.0. The molecular formula is C24H23N7O2. The lowest BCUT2D eigenvalue weighted by molar-refractivity contribution is -0.166. The van der Waals surface area contributed by atoms with Crippen molar-refractivity contribution in [3.63, 3.8) is 0 Å². The zero-order valence-electron chi connectivity index (χ0n) is 18.4. The monoisotopic (exact) mass is 441 g/mol. The number of amides is 1. The highest BCUT2D eigenvalue weighted by molar-refractivity contribution is 6.01. The van der Waals surface area contributed by atoms with Crippen LogP contribution in [0.5, 0.6) is 5.75 Å². The van der Waals surface area contributed by atoms with Crippen LogP contribution >= 0.6 is 0 Å². The minimum absolute atomic E-state index is 0.0651. The minimum atomic E-state index is -0.379. The summed E-state index contributed by atoms with van der Waals surface area (Å²) in [6, 6.07) is 11.7. The van der Waals surface area contributed by atoms with Crippen LogP contribution in [0.25, 0.3) is 33.5 Å². The first-order valence-corrected chi connectivity index (χ1v) is 10.8. The Labute approximate surface area is 190 Å². The molecule has 9 nitrogen and oxygen atoms in total. The van der Waals surface area contributed by atoms with E-state index in [9.17, 15) is 4.79 Å². The number of aromatic nitrogens is 5. The van der Waals surface area contributed by atoms with E-state index in [1.54, 1.807) is 17.9 Å². The highest BCUT2D eigenvalue weighted by Crippen LogP contribution is 2.66. The first kappa shape index (κ1) is 19.8. The number of fused-ring (bicyclic) bond motifs is 1. The number of hydrogen-bond acceptors (Lipinski definition) is 7. The van der Waals surface area contributed by atoms with Gasteiger partial charge in [0.2, 0.25) is 5.91 Å². The molecule has 33 heavy (non-hydrogen) atoms. The Balaban J connectivity index is 1.46. The maximum atomic E-state index is 13.0. The zero-order valence-corrected chi connectivity index (χ0v) is 18.4. The van der Waals surface area contributed by atoms with Crippen LogP contribution < -0.4 is 15.8 Å². The number of carbonyl (C=O) groups excluding carboxylic acids is 1.